The second kappa shape index (κ2) is 9.94. The molecule has 0 atom stereocenters. The van der Waals surface area contributed by atoms with Gasteiger partial charge in [0.15, 0.2) is 0 Å². The molecule has 166 valence electrons. The Morgan fingerprint density at radius 2 is 1.90 bits per heavy atom. The zero-order valence-corrected chi connectivity index (χ0v) is 19.0. The molecule has 0 aliphatic carbocycles. The molecule has 2 aromatic rings. The first kappa shape index (κ1) is 22.0. The first-order chi connectivity index (χ1) is 15.0. The molecule has 1 aromatic heterocycles. The minimum Gasteiger partial charge on any atom is -0.379 e. The summed E-state index contributed by atoms with van der Waals surface area (Å²) in [7, 11) is 0. The van der Waals surface area contributed by atoms with Gasteiger partial charge in [0.25, 0.3) is 5.91 Å². The Hall–Kier alpha value is -2.22. The Balaban J connectivity index is 1.38. The van der Waals surface area contributed by atoms with E-state index in [2.05, 4.69) is 20.2 Å². The van der Waals surface area contributed by atoms with E-state index in [1.54, 1.807) is 0 Å². The molecule has 1 amide bonds. The third-order valence-electron chi connectivity index (χ3n) is 6.30. The number of benzene rings is 1. The van der Waals surface area contributed by atoms with Crippen LogP contribution in [-0.4, -0.2) is 71.1 Å². The molecule has 0 unspecified atom stereocenters. The van der Waals surface area contributed by atoms with Crippen molar-refractivity contribution in [1.82, 2.24) is 19.8 Å². The van der Waals surface area contributed by atoms with Crippen LogP contribution in [0, 0.1) is 13.8 Å². The lowest BCUT2D eigenvalue weighted by atomic mass is 10.0. The van der Waals surface area contributed by atoms with E-state index < -0.39 is 0 Å². The minimum atomic E-state index is -0.0123. The Bertz CT molecular complexity index is 924. The highest BCUT2D eigenvalue weighted by Gasteiger charge is 2.29. The van der Waals surface area contributed by atoms with Crippen molar-refractivity contribution in [3.63, 3.8) is 0 Å². The van der Waals surface area contributed by atoms with Crippen molar-refractivity contribution in [3.8, 4) is 0 Å². The molecule has 8 heteroatoms. The van der Waals surface area contributed by atoms with E-state index in [1.165, 1.54) is 6.33 Å². The summed E-state index contributed by atoms with van der Waals surface area (Å²) in [5.41, 5.74) is 3.37. The van der Waals surface area contributed by atoms with Crippen LogP contribution in [0.4, 0.5) is 5.82 Å². The van der Waals surface area contributed by atoms with Crippen molar-refractivity contribution < 1.29 is 9.53 Å². The van der Waals surface area contributed by atoms with E-state index in [9.17, 15) is 4.79 Å². The molecule has 4 rings (SSSR count). The molecule has 7 nitrogen and oxygen atoms in total. The first-order valence-electron chi connectivity index (χ1n) is 10.9. The number of nitrogens with one attached hydrogen (secondary N) is 1. The molecule has 2 aliphatic rings. The standard InChI is InChI=1S/C23H30ClN5O2/c1-16-3-4-18(13-20(16)24)14-25-22-17(2)21(26-15-27-22)23(30)29-7-5-19(6-8-29)28-9-11-31-12-10-28/h3-4,13,15,19H,5-12,14H2,1-2H3,(H,25,26,27). The largest absolute Gasteiger partial charge is 0.379 e. The van der Waals surface area contributed by atoms with Gasteiger partial charge in [0.1, 0.15) is 17.8 Å². The van der Waals surface area contributed by atoms with Crippen LogP contribution in [-0.2, 0) is 11.3 Å². The van der Waals surface area contributed by atoms with Crippen LogP contribution in [0.15, 0.2) is 24.5 Å². The number of carbonyl (C=O) groups excluding carboxylic acids is 1. The third kappa shape index (κ3) is 5.17. The predicted molar refractivity (Wildman–Crippen MR) is 122 cm³/mol. The molecule has 0 radical (unpaired) electrons. The summed E-state index contributed by atoms with van der Waals surface area (Å²) in [5, 5.41) is 4.07. The van der Waals surface area contributed by atoms with E-state index in [-0.39, 0.29) is 5.91 Å². The van der Waals surface area contributed by atoms with Gasteiger partial charge in [-0.05, 0) is 43.9 Å². The van der Waals surface area contributed by atoms with Gasteiger partial charge in [0.2, 0.25) is 0 Å². The van der Waals surface area contributed by atoms with Crippen LogP contribution >= 0.6 is 11.6 Å². The summed E-state index contributed by atoms with van der Waals surface area (Å²) >= 11 is 6.23. The van der Waals surface area contributed by atoms with Gasteiger partial charge in [-0.1, -0.05) is 23.7 Å². The highest BCUT2D eigenvalue weighted by atomic mass is 35.5. The Kier molecular flexibility index (Phi) is 7.05. The normalized spacial score (nSPS) is 18.2. The second-order valence-electron chi connectivity index (χ2n) is 8.30. The number of halogens is 1. The summed E-state index contributed by atoms with van der Waals surface area (Å²) in [4.78, 5) is 26.3. The van der Waals surface area contributed by atoms with Crippen LogP contribution in [0.3, 0.4) is 0 Å². The molecular weight excluding hydrogens is 414 g/mol. The van der Waals surface area contributed by atoms with E-state index >= 15 is 0 Å². The summed E-state index contributed by atoms with van der Waals surface area (Å²) < 4.78 is 5.46. The Morgan fingerprint density at radius 1 is 1.16 bits per heavy atom. The number of ether oxygens (including phenoxy) is 1. The van der Waals surface area contributed by atoms with E-state index in [0.29, 0.717) is 24.1 Å². The molecule has 2 saturated heterocycles. The number of piperidine rings is 1. The number of nitrogens with zero attached hydrogens (tertiary/aromatic N) is 4. The number of carbonyl (C=O) groups is 1. The molecule has 1 N–H and O–H groups in total. The van der Waals surface area contributed by atoms with Crippen LogP contribution in [0.1, 0.15) is 40.0 Å². The summed E-state index contributed by atoms with van der Waals surface area (Å²) in [6, 6.07) is 6.53. The number of anilines is 1. The van der Waals surface area contributed by atoms with Crippen LogP contribution < -0.4 is 5.32 Å². The van der Waals surface area contributed by atoms with Crippen LogP contribution in [0.2, 0.25) is 5.02 Å². The van der Waals surface area contributed by atoms with Gasteiger partial charge in [0, 0.05) is 49.4 Å². The molecule has 2 aliphatic heterocycles. The molecule has 31 heavy (non-hydrogen) atoms. The van der Waals surface area contributed by atoms with Gasteiger partial charge < -0.3 is 15.0 Å². The van der Waals surface area contributed by atoms with Crippen molar-refractivity contribution in [2.75, 3.05) is 44.7 Å². The van der Waals surface area contributed by atoms with Gasteiger partial charge in [-0.25, -0.2) is 9.97 Å². The number of hydrogen-bond acceptors (Lipinski definition) is 6. The maximum atomic E-state index is 13.2. The molecule has 3 heterocycles. The zero-order chi connectivity index (χ0) is 21.8. The minimum absolute atomic E-state index is 0.0123. The number of likely N-dealkylation sites (tertiary alicyclic amines) is 1. The number of aryl methyl sites for hydroxylation is 1. The van der Waals surface area contributed by atoms with Crippen molar-refractivity contribution in [3.05, 3.63) is 51.9 Å². The van der Waals surface area contributed by atoms with Gasteiger partial charge >= 0.3 is 0 Å². The fourth-order valence-electron chi connectivity index (χ4n) is 4.30. The highest BCUT2D eigenvalue weighted by molar-refractivity contribution is 6.31. The molecule has 0 bridgehead atoms. The highest BCUT2D eigenvalue weighted by Crippen LogP contribution is 2.22. The lowest BCUT2D eigenvalue weighted by molar-refractivity contribution is 0.00152. The van der Waals surface area contributed by atoms with E-state index in [1.807, 2.05) is 36.9 Å². The molecule has 0 spiro atoms. The van der Waals surface area contributed by atoms with Crippen molar-refractivity contribution in [1.29, 1.82) is 0 Å². The molecule has 0 saturated carbocycles. The van der Waals surface area contributed by atoms with Gasteiger partial charge in [-0.15, -0.1) is 0 Å². The van der Waals surface area contributed by atoms with Crippen molar-refractivity contribution in [2.24, 2.45) is 0 Å². The summed E-state index contributed by atoms with van der Waals surface area (Å²) in [6.07, 6.45) is 3.45. The lowest BCUT2D eigenvalue weighted by Crippen LogP contribution is -2.50. The number of rotatable bonds is 5. The van der Waals surface area contributed by atoms with Gasteiger partial charge in [-0.3, -0.25) is 9.69 Å². The Morgan fingerprint density at radius 3 is 2.61 bits per heavy atom. The topological polar surface area (TPSA) is 70.6 Å². The zero-order valence-electron chi connectivity index (χ0n) is 18.2. The average Bonchev–Trinajstić information content (AvgIpc) is 2.81. The molecule has 2 fully saturated rings. The number of morpholine rings is 1. The fourth-order valence-corrected chi connectivity index (χ4v) is 4.51. The van der Waals surface area contributed by atoms with Gasteiger partial charge in [-0.2, -0.15) is 0 Å². The third-order valence-corrected chi connectivity index (χ3v) is 6.70. The number of amides is 1. The lowest BCUT2D eigenvalue weighted by Gasteiger charge is -2.40. The summed E-state index contributed by atoms with van der Waals surface area (Å²) in [6.45, 7) is 9.58. The van der Waals surface area contributed by atoms with Crippen molar-refractivity contribution >= 4 is 23.3 Å². The molecular formula is C23H30ClN5O2. The van der Waals surface area contributed by atoms with Crippen LogP contribution in [0.5, 0.6) is 0 Å². The first-order valence-corrected chi connectivity index (χ1v) is 11.3. The van der Waals surface area contributed by atoms with E-state index in [0.717, 1.165) is 73.9 Å². The fraction of sp³-hybridized carbons (Fsp3) is 0.522. The van der Waals surface area contributed by atoms with Crippen molar-refractivity contribution in [2.45, 2.75) is 39.3 Å². The predicted octanol–water partition coefficient (Wildman–Crippen LogP) is 3.30. The number of hydrogen-bond donors (Lipinski definition) is 1. The SMILES string of the molecule is Cc1ccc(CNc2ncnc(C(=O)N3CCC(N4CCOCC4)CC3)c2C)cc1Cl. The smallest absolute Gasteiger partial charge is 0.272 e. The maximum Gasteiger partial charge on any atom is 0.272 e. The van der Waals surface area contributed by atoms with Gasteiger partial charge in [0.05, 0.1) is 13.2 Å². The average molecular weight is 444 g/mol. The summed E-state index contributed by atoms with van der Waals surface area (Å²) in [5.74, 6) is 0.667. The van der Waals surface area contributed by atoms with E-state index in [4.69, 9.17) is 16.3 Å². The second-order valence-corrected chi connectivity index (χ2v) is 8.71. The molecule has 1 aromatic carbocycles. The quantitative estimate of drug-likeness (QED) is 0.764. The Labute approximate surface area is 188 Å². The number of aromatic nitrogens is 2. The maximum absolute atomic E-state index is 13.2. The van der Waals surface area contributed by atoms with Crippen LogP contribution in [0.25, 0.3) is 0 Å². The monoisotopic (exact) mass is 443 g/mol.